The molecule has 60 valence electrons. The Morgan fingerprint density at radius 2 is 2.18 bits per heavy atom. The minimum atomic E-state index is -0.341. The molecule has 0 atom stereocenters. The van der Waals surface area contributed by atoms with Crippen LogP contribution >= 0.6 is 11.6 Å². The van der Waals surface area contributed by atoms with E-state index >= 15 is 0 Å². The molecule has 0 aliphatic heterocycles. The fraction of sp³-hybridized carbons (Fsp3) is 0.250. The SMILES string of the molecule is Cc1cc(CO)c(Cl)cc1F. The molecule has 0 radical (unpaired) electrons. The summed E-state index contributed by atoms with van der Waals surface area (Å²) < 4.78 is 12.7. The lowest BCUT2D eigenvalue weighted by Crippen LogP contribution is -1.89. The maximum Gasteiger partial charge on any atom is 0.127 e. The summed E-state index contributed by atoms with van der Waals surface area (Å²) in [5.74, 6) is -0.341. The first kappa shape index (κ1) is 8.50. The van der Waals surface area contributed by atoms with Crippen molar-refractivity contribution >= 4 is 11.6 Å². The smallest absolute Gasteiger partial charge is 0.127 e. The summed E-state index contributed by atoms with van der Waals surface area (Å²) in [6, 6.07) is 2.75. The predicted molar refractivity (Wildman–Crippen MR) is 42.1 cm³/mol. The number of benzene rings is 1. The summed E-state index contributed by atoms with van der Waals surface area (Å²) >= 11 is 5.60. The first-order chi connectivity index (χ1) is 5.15. The zero-order chi connectivity index (χ0) is 8.43. The zero-order valence-corrected chi connectivity index (χ0v) is 6.82. The lowest BCUT2D eigenvalue weighted by atomic mass is 10.1. The van der Waals surface area contributed by atoms with Crippen molar-refractivity contribution < 1.29 is 9.50 Å². The van der Waals surface area contributed by atoms with Gasteiger partial charge in [0, 0.05) is 5.02 Å². The molecule has 0 saturated heterocycles. The molecule has 11 heavy (non-hydrogen) atoms. The van der Waals surface area contributed by atoms with E-state index in [1.165, 1.54) is 12.1 Å². The van der Waals surface area contributed by atoms with Crippen LogP contribution in [0.5, 0.6) is 0 Å². The Balaban J connectivity index is 3.21. The number of aliphatic hydroxyl groups excluding tert-OH is 1. The van der Waals surface area contributed by atoms with Gasteiger partial charge in [-0.2, -0.15) is 0 Å². The molecule has 0 fully saturated rings. The van der Waals surface area contributed by atoms with E-state index < -0.39 is 0 Å². The predicted octanol–water partition coefficient (Wildman–Crippen LogP) is 2.28. The second-order valence-electron chi connectivity index (χ2n) is 2.35. The lowest BCUT2D eigenvalue weighted by molar-refractivity contribution is 0.281. The van der Waals surface area contributed by atoms with Crippen LogP contribution in [0, 0.1) is 12.7 Å². The molecular weight excluding hydrogens is 167 g/mol. The van der Waals surface area contributed by atoms with Crippen molar-refractivity contribution in [1.29, 1.82) is 0 Å². The van der Waals surface area contributed by atoms with Gasteiger partial charge in [-0.1, -0.05) is 11.6 Å². The largest absolute Gasteiger partial charge is 0.392 e. The summed E-state index contributed by atoms with van der Waals surface area (Å²) in [5, 5.41) is 9.00. The highest BCUT2D eigenvalue weighted by atomic mass is 35.5. The Morgan fingerprint density at radius 1 is 1.55 bits per heavy atom. The van der Waals surface area contributed by atoms with Gasteiger partial charge < -0.3 is 5.11 Å². The molecule has 1 nitrogen and oxygen atoms in total. The van der Waals surface area contributed by atoms with Crippen LogP contribution in [-0.4, -0.2) is 5.11 Å². The number of rotatable bonds is 1. The molecule has 0 bridgehead atoms. The summed E-state index contributed by atoms with van der Waals surface area (Å²) in [6.07, 6.45) is 0. The molecule has 1 N–H and O–H groups in total. The van der Waals surface area contributed by atoms with Gasteiger partial charge in [-0.05, 0) is 30.2 Å². The van der Waals surface area contributed by atoms with Gasteiger partial charge in [0.2, 0.25) is 0 Å². The summed E-state index contributed by atoms with van der Waals surface area (Å²) in [5.41, 5.74) is 1.06. The average Bonchev–Trinajstić information content (AvgIpc) is 1.97. The molecule has 0 aromatic heterocycles. The van der Waals surface area contributed by atoms with Crippen molar-refractivity contribution in [2.75, 3.05) is 0 Å². The van der Waals surface area contributed by atoms with E-state index in [1.54, 1.807) is 6.92 Å². The quantitative estimate of drug-likeness (QED) is 0.693. The van der Waals surface area contributed by atoms with E-state index in [0.717, 1.165) is 0 Å². The van der Waals surface area contributed by atoms with Crippen LogP contribution in [0.4, 0.5) is 4.39 Å². The van der Waals surface area contributed by atoms with E-state index in [0.29, 0.717) is 11.1 Å². The molecule has 0 unspecified atom stereocenters. The Labute approximate surface area is 69.4 Å². The van der Waals surface area contributed by atoms with Gasteiger partial charge in [-0.25, -0.2) is 4.39 Å². The van der Waals surface area contributed by atoms with Crippen molar-refractivity contribution in [3.63, 3.8) is 0 Å². The Bertz CT molecular complexity index is 273. The van der Waals surface area contributed by atoms with E-state index in [2.05, 4.69) is 0 Å². The highest BCUT2D eigenvalue weighted by molar-refractivity contribution is 6.31. The molecule has 0 saturated carbocycles. The van der Waals surface area contributed by atoms with E-state index in [-0.39, 0.29) is 17.4 Å². The van der Waals surface area contributed by atoms with Crippen molar-refractivity contribution in [2.24, 2.45) is 0 Å². The molecule has 1 aromatic carbocycles. The number of aliphatic hydroxyl groups is 1. The van der Waals surface area contributed by atoms with Crippen molar-refractivity contribution in [2.45, 2.75) is 13.5 Å². The van der Waals surface area contributed by atoms with Gasteiger partial charge in [-0.15, -0.1) is 0 Å². The molecular formula is C8H8ClFO. The minimum Gasteiger partial charge on any atom is -0.392 e. The zero-order valence-electron chi connectivity index (χ0n) is 6.06. The van der Waals surface area contributed by atoms with Crippen LogP contribution in [0.25, 0.3) is 0 Å². The summed E-state index contributed by atoms with van der Waals surface area (Å²) in [4.78, 5) is 0. The Morgan fingerprint density at radius 3 is 2.73 bits per heavy atom. The van der Waals surface area contributed by atoms with Crippen LogP contribution < -0.4 is 0 Å². The van der Waals surface area contributed by atoms with Gasteiger partial charge in [0.05, 0.1) is 6.61 Å². The number of hydrogen-bond donors (Lipinski definition) is 1. The molecule has 1 aromatic rings. The van der Waals surface area contributed by atoms with Gasteiger partial charge in [-0.3, -0.25) is 0 Å². The van der Waals surface area contributed by atoms with Crippen molar-refractivity contribution in [3.8, 4) is 0 Å². The molecule has 0 aliphatic rings. The number of aryl methyl sites for hydroxylation is 1. The van der Waals surface area contributed by atoms with Crippen molar-refractivity contribution in [1.82, 2.24) is 0 Å². The van der Waals surface area contributed by atoms with E-state index in [4.69, 9.17) is 16.7 Å². The van der Waals surface area contributed by atoms with Crippen LogP contribution in [0.3, 0.4) is 0 Å². The maximum atomic E-state index is 12.7. The number of hydrogen-bond acceptors (Lipinski definition) is 1. The molecule has 0 amide bonds. The van der Waals surface area contributed by atoms with E-state index in [9.17, 15) is 4.39 Å². The second-order valence-corrected chi connectivity index (χ2v) is 2.76. The summed E-state index contributed by atoms with van der Waals surface area (Å²) in [6.45, 7) is 1.48. The monoisotopic (exact) mass is 174 g/mol. The van der Waals surface area contributed by atoms with Crippen LogP contribution in [0.15, 0.2) is 12.1 Å². The van der Waals surface area contributed by atoms with Gasteiger partial charge in [0.1, 0.15) is 5.82 Å². The molecule has 0 heterocycles. The fourth-order valence-corrected chi connectivity index (χ4v) is 1.05. The van der Waals surface area contributed by atoms with Crippen LogP contribution in [0.2, 0.25) is 5.02 Å². The molecule has 0 aliphatic carbocycles. The van der Waals surface area contributed by atoms with Crippen LogP contribution in [-0.2, 0) is 6.61 Å². The average molecular weight is 175 g/mol. The molecule has 0 spiro atoms. The van der Waals surface area contributed by atoms with E-state index in [1.807, 2.05) is 0 Å². The van der Waals surface area contributed by atoms with Crippen molar-refractivity contribution in [3.05, 3.63) is 34.1 Å². The third-order valence-electron chi connectivity index (χ3n) is 1.50. The first-order valence-corrected chi connectivity index (χ1v) is 3.58. The highest BCUT2D eigenvalue weighted by Crippen LogP contribution is 2.19. The van der Waals surface area contributed by atoms with Gasteiger partial charge >= 0.3 is 0 Å². The minimum absolute atomic E-state index is 0.153. The van der Waals surface area contributed by atoms with Gasteiger partial charge in [0.15, 0.2) is 0 Å². The van der Waals surface area contributed by atoms with Crippen LogP contribution in [0.1, 0.15) is 11.1 Å². The first-order valence-electron chi connectivity index (χ1n) is 3.20. The topological polar surface area (TPSA) is 20.2 Å². The Hall–Kier alpha value is -0.600. The summed E-state index contributed by atoms with van der Waals surface area (Å²) in [7, 11) is 0. The fourth-order valence-electron chi connectivity index (χ4n) is 0.838. The van der Waals surface area contributed by atoms with Gasteiger partial charge in [0.25, 0.3) is 0 Å². The number of halogens is 2. The standard InChI is InChI=1S/C8H8ClFO/c1-5-2-6(4-11)7(9)3-8(5)10/h2-3,11H,4H2,1H3. The Kier molecular flexibility index (Phi) is 2.47. The molecule has 1 rings (SSSR count). The second kappa shape index (κ2) is 3.20. The normalized spacial score (nSPS) is 10.2. The lowest BCUT2D eigenvalue weighted by Gasteiger charge is -2.02. The molecule has 3 heteroatoms. The third kappa shape index (κ3) is 1.70. The maximum absolute atomic E-state index is 12.7. The highest BCUT2D eigenvalue weighted by Gasteiger charge is 2.03. The third-order valence-corrected chi connectivity index (χ3v) is 1.85.